The van der Waals surface area contributed by atoms with Gasteiger partial charge >= 0.3 is 0 Å². The summed E-state index contributed by atoms with van der Waals surface area (Å²) in [7, 11) is 0. The molecule has 0 aromatic heterocycles. The van der Waals surface area contributed by atoms with Gasteiger partial charge in [0.2, 0.25) is 0 Å². The Kier molecular flexibility index (Phi) is 5.54. The lowest BCUT2D eigenvalue weighted by Crippen LogP contribution is -1.84. The smallest absolute Gasteiger partial charge is 0.0694 e. The molecule has 0 saturated carbocycles. The van der Waals surface area contributed by atoms with Crippen LogP contribution in [0.4, 0.5) is 0 Å². The van der Waals surface area contributed by atoms with E-state index < -0.39 is 0 Å². The molecule has 0 N–H and O–H groups in total. The molecule has 14 heavy (non-hydrogen) atoms. The average Bonchev–Trinajstić information content (AvgIpc) is 2.15. The highest BCUT2D eigenvalue weighted by molar-refractivity contribution is 5.58. The molecule has 1 nitrogen and oxygen atoms in total. The minimum absolute atomic E-state index is 0.851. The van der Waals surface area contributed by atoms with E-state index in [-0.39, 0.29) is 0 Å². The van der Waals surface area contributed by atoms with Crippen molar-refractivity contribution in [2.75, 3.05) is 0 Å². The van der Waals surface area contributed by atoms with Gasteiger partial charge in [0.15, 0.2) is 0 Å². The molecular weight excluding hydrogens is 170 g/mol. The van der Waals surface area contributed by atoms with Crippen LogP contribution in [0, 0.1) is 0 Å². The minimum atomic E-state index is 0.851. The van der Waals surface area contributed by atoms with E-state index in [4.69, 9.17) is 0 Å². The SMILES string of the molecule is C=CC(=C)/C(=C\C(C)=C(C)C)N=CC. The zero-order chi connectivity index (χ0) is 11.1. The summed E-state index contributed by atoms with van der Waals surface area (Å²) in [5, 5.41) is 0. The molecule has 0 amide bonds. The molecule has 0 aliphatic heterocycles. The third-order valence-corrected chi connectivity index (χ3v) is 1.99. The first-order chi connectivity index (χ1) is 6.52. The van der Waals surface area contributed by atoms with Crippen LogP contribution in [0.25, 0.3) is 0 Å². The van der Waals surface area contributed by atoms with Gasteiger partial charge in [0.1, 0.15) is 0 Å². The van der Waals surface area contributed by atoms with Gasteiger partial charge in [-0.3, -0.25) is 4.99 Å². The van der Waals surface area contributed by atoms with Crippen LogP contribution >= 0.6 is 0 Å². The summed E-state index contributed by atoms with van der Waals surface area (Å²) in [6.45, 7) is 15.7. The van der Waals surface area contributed by atoms with Gasteiger partial charge in [-0.15, -0.1) is 0 Å². The van der Waals surface area contributed by atoms with E-state index in [0.29, 0.717) is 0 Å². The van der Waals surface area contributed by atoms with Gasteiger partial charge in [0, 0.05) is 6.21 Å². The number of nitrogens with zero attached hydrogens (tertiary/aromatic N) is 1. The molecule has 1 heteroatoms. The molecule has 0 spiro atoms. The molecule has 0 fully saturated rings. The van der Waals surface area contributed by atoms with Crippen molar-refractivity contribution in [3.63, 3.8) is 0 Å². The van der Waals surface area contributed by atoms with Gasteiger partial charge in [-0.1, -0.05) is 30.4 Å². The molecule has 0 unspecified atom stereocenters. The van der Waals surface area contributed by atoms with E-state index in [2.05, 4.69) is 38.9 Å². The van der Waals surface area contributed by atoms with Crippen LogP contribution in [0.15, 0.2) is 52.7 Å². The molecule has 0 radical (unpaired) electrons. The quantitative estimate of drug-likeness (QED) is 0.467. The summed E-state index contributed by atoms with van der Waals surface area (Å²) >= 11 is 0. The van der Waals surface area contributed by atoms with Crippen molar-refractivity contribution in [2.45, 2.75) is 27.7 Å². The second-order valence-electron chi connectivity index (χ2n) is 3.33. The second-order valence-corrected chi connectivity index (χ2v) is 3.33. The highest BCUT2D eigenvalue weighted by Gasteiger charge is 1.97. The van der Waals surface area contributed by atoms with E-state index in [9.17, 15) is 0 Å². The van der Waals surface area contributed by atoms with Gasteiger partial charge in [-0.05, 0) is 39.3 Å². The Hall–Kier alpha value is -1.37. The maximum atomic E-state index is 4.25. The topological polar surface area (TPSA) is 12.4 Å². The van der Waals surface area contributed by atoms with Crippen molar-refractivity contribution in [1.82, 2.24) is 0 Å². The standard InChI is InChI=1S/C13H19N/c1-7-11(5)13(14-8-2)9-12(6)10(3)4/h7-9H,1,5H2,2-4,6H3/b13-9+,14-8?. The number of allylic oxidation sites excluding steroid dienone is 4. The van der Waals surface area contributed by atoms with Gasteiger partial charge in [0.05, 0.1) is 5.70 Å². The van der Waals surface area contributed by atoms with Gasteiger partial charge in [-0.25, -0.2) is 0 Å². The van der Waals surface area contributed by atoms with Crippen LogP contribution in [-0.4, -0.2) is 6.21 Å². The van der Waals surface area contributed by atoms with E-state index in [0.717, 1.165) is 11.3 Å². The second kappa shape index (κ2) is 6.14. The molecule has 0 atom stereocenters. The molecule has 0 bridgehead atoms. The largest absolute Gasteiger partial charge is 0.261 e. The van der Waals surface area contributed by atoms with Gasteiger partial charge in [-0.2, -0.15) is 0 Å². The lowest BCUT2D eigenvalue weighted by Gasteiger charge is -2.02. The van der Waals surface area contributed by atoms with Crippen molar-refractivity contribution >= 4 is 6.21 Å². The van der Waals surface area contributed by atoms with Crippen LogP contribution < -0.4 is 0 Å². The van der Waals surface area contributed by atoms with Crippen LogP contribution in [0.2, 0.25) is 0 Å². The van der Waals surface area contributed by atoms with E-state index in [1.807, 2.05) is 13.0 Å². The van der Waals surface area contributed by atoms with Gasteiger partial charge < -0.3 is 0 Å². The molecule has 0 aromatic carbocycles. The predicted molar refractivity (Wildman–Crippen MR) is 65.6 cm³/mol. The van der Waals surface area contributed by atoms with Gasteiger partial charge in [0.25, 0.3) is 0 Å². The summed E-state index contributed by atoms with van der Waals surface area (Å²) < 4.78 is 0. The Morgan fingerprint density at radius 1 is 1.21 bits per heavy atom. The lowest BCUT2D eigenvalue weighted by molar-refractivity contribution is 1.26. The van der Waals surface area contributed by atoms with E-state index in [1.54, 1.807) is 12.3 Å². The highest BCUT2D eigenvalue weighted by Crippen LogP contribution is 2.15. The molecule has 0 aromatic rings. The average molecular weight is 189 g/mol. The number of hydrogen-bond donors (Lipinski definition) is 0. The zero-order valence-corrected chi connectivity index (χ0v) is 9.59. The third kappa shape index (κ3) is 4.04. The highest BCUT2D eigenvalue weighted by atomic mass is 14.7. The summed E-state index contributed by atoms with van der Waals surface area (Å²) in [5.74, 6) is 0. The first kappa shape index (κ1) is 12.6. The fourth-order valence-corrected chi connectivity index (χ4v) is 0.806. The Bertz CT molecular complexity index is 310. The maximum absolute atomic E-state index is 4.25. The zero-order valence-electron chi connectivity index (χ0n) is 9.59. The number of hydrogen-bond acceptors (Lipinski definition) is 1. The van der Waals surface area contributed by atoms with Crippen LogP contribution in [0.1, 0.15) is 27.7 Å². The third-order valence-electron chi connectivity index (χ3n) is 1.99. The first-order valence-electron chi connectivity index (χ1n) is 4.69. The van der Waals surface area contributed by atoms with Crippen molar-refractivity contribution in [3.05, 3.63) is 47.7 Å². The van der Waals surface area contributed by atoms with Crippen LogP contribution in [-0.2, 0) is 0 Å². The Balaban J connectivity index is 5.11. The van der Waals surface area contributed by atoms with Crippen LogP contribution in [0.3, 0.4) is 0 Å². The normalized spacial score (nSPS) is 11.6. The lowest BCUT2D eigenvalue weighted by atomic mass is 10.1. The molecule has 0 aliphatic rings. The molecular formula is C13H19N. The number of aliphatic imine (C=N–C) groups is 1. The Labute approximate surface area is 87.3 Å². The molecule has 76 valence electrons. The molecule has 0 aliphatic carbocycles. The van der Waals surface area contributed by atoms with Crippen molar-refractivity contribution in [2.24, 2.45) is 4.99 Å². The van der Waals surface area contributed by atoms with Crippen molar-refractivity contribution in [3.8, 4) is 0 Å². The van der Waals surface area contributed by atoms with Crippen molar-refractivity contribution in [1.29, 1.82) is 0 Å². The Morgan fingerprint density at radius 2 is 1.79 bits per heavy atom. The summed E-state index contributed by atoms with van der Waals surface area (Å²) in [4.78, 5) is 4.25. The van der Waals surface area contributed by atoms with E-state index in [1.165, 1.54) is 11.1 Å². The Morgan fingerprint density at radius 3 is 2.14 bits per heavy atom. The first-order valence-corrected chi connectivity index (χ1v) is 4.69. The van der Waals surface area contributed by atoms with E-state index >= 15 is 0 Å². The van der Waals surface area contributed by atoms with Crippen LogP contribution in [0.5, 0.6) is 0 Å². The summed E-state index contributed by atoms with van der Waals surface area (Å²) in [6.07, 6.45) is 5.51. The fraction of sp³-hybridized carbons (Fsp3) is 0.308. The predicted octanol–water partition coefficient (Wildman–Crippen LogP) is 4.06. The fourth-order valence-electron chi connectivity index (χ4n) is 0.806. The molecule has 0 heterocycles. The van der Waals surface area contributed by atoms with Crippen molar-refractivity contribution < 1.29 is 0 Å². The molecule has 0 rings (SSSR count). The molecule has 0 saturated heterocycles. The maximum Gasteiger partial charge on any atom is 0.0694 e. The minimum Gasteiger partial charge on any atom is -0.261 e. The summed E-state index contributed by atoms with van der Waals surface area (Å²) in [5.41, 5.74) is 4.23. The summed E-state index contributed by atoms with van der Waals surface area (Å²) in [6, 6.07) is 0. The monoisotopic (exact) mass is 189 g/mol. The number of rotatable bonds is 4.